The monoisotopic (exact) mass is 296 g/mol. The molecule has 2 rings (SSSR count). The van der Waals surface area contributed by atoms with Crippen molar-refractivity contribution < 1.29 is 8.42 Å². The van der Waals surface area contributed by atoms with E-state index < -0.39 is 10.2 Å². The van der Waals surface area contributed by atoms with Crippen molar-refractivity contribution in [1.29, 1.82) is 0 Å². The topological polar surface area (TPSA) is 58.2 Å². The van der Waals surface area contributed by atoms with E-state index in [1.165, 1.54) is 5.56 Å². The lowest BCUT2D eigenvalue weighted by atomic mass is 9.98. The number of nitrogens with one attached hydrogen (secondary N) is 2. The molecule has 0 aliphatic heterocycles. The first-order chi connectivity index (χ1) is 9.57. The van der Waals surface area contributed by atoms with Crippen LogP contribution in [0.3, 0.4) is 0 Å². The second-order valence-corrected chi connectivity index (χ2v) is 7.13. The van der Waals surface area contributed by atoms with Gasteiger partial charge in [0.1, 0.15) is 0 Å². The molecule has 4 nitrogen and oxygen atoms in total. The van der Waals surface area contributed by atoms with Crippen LogP contribution in [0.1, 0.15) is 50.5 Å². The summed E-state index contributed by atoms with van der Waals surface area (Å²) >= 11 is 0. The predicted octanol–water partition coefficient (Wildman–Crippen LogP) is 2.55. The lowest BCUT2D eigenvalue weighted by Gasteiger charge is -2.15. The Balaban J connectivity index is 1.74. The molecule has 1 aromatic carbocycles. The van der Waals surface area contributed by atoms with Crippen molar-refractivity contribution >= 4 is 10.2 Å². The minimum absolute atomic E-state index is 0.124. The molecule has 5 heteroatoms. The lowest BCUT2D eigenvalue weighted by Crippen LogP contribution is -2.42. The Hall–Kier alpha value is -0.910. The first kappa shape index (κ1) is 15.5. The first-order valence-electron chi connectivity index (χ1n) is 7.39. The van der Waals surface area contributed by atoms with Gasteiger partial charge in [-0.2, -0.15) is 13.1 Å². The second kappa shape index (κ2) is 7.20. The van der Waals surface area contributed by atoms with E-state index in [9.17, 15) is 8.42 Å². The van der Waals surface area contributed by atoms with Gasteiger partial charge >= 0.3 is 0 Å². The van der Waals surface area contributed by atoms with Gasteiger partial charge in [-0.25, -0.2) is 4.72 Å². The number of hydrogen-bond donors (Lipinski definition) is 2. The van der Waals surface area contributed by atoms with Crippen LogP contribution < -0.4 is 9.44 Å². The van der Waals surface area contributed by atoms with E-state index in [2.05, 4.69) is 28.5 Å². The van der Waals surface area contributed by atoms with Gasteiger partial charge in [-0.15, -0.1) is 0 Å². The van der Waals surface area contributed by atoms with E-state index in [1.54, 1.807) is 0 Å². The van der Waals surface area contributed by atoms with Crippen molar-refractivity contribution in [3.63, 3.8) is 0 Å². The summed E-state index contributed by atoms with van der Waals surface area (Å²) in [6.45, 7) is 2.59. The van der Waals surface area contributed by atoms with E-state index in [4.69, 9.17) is 0 Å². The first-order valence-corrected chi connectivity index (χ1v) is 8.87. The maximum absolute atomic E-state index is 11.9. The number of rotatable bonds is 7. The summed E-state index contributed by atoms with van der Waals surface area (Å²) in [6.07, 6.45) is 4.97. The summed E-state index contributed by atoms with van der Waals surface area (Å²) in [5, 5.41) is 0. The second-order valence-electron chi connectivity index (χ2n) is 5.60. The quantitative estimate of drug-likeness (QED) is 0.812. The predicted molar refractivity (Wildman–Crippen MR) is 81.8 cm³/mol. The third-order valence-electron chi connectivity index (χ3n) is 3.92. The molecule has 2 N–H and O–H groups in total. The van der Waals surface area contributed by atoms with Gasteiger partial charge in [0.15, 0.2) is 0 Å². The molecule has 0 amide bonds. The Bertz CT molecular complexity index is 496. The van der Waals surface area contributed by atoms with Crippen LogP contribution in [0.2, 0.25) is 0 Å². The van der Waals surface area contributed by atoms with Crippen molar-refractivity contribution in [3.05, 3.63) is 35.9 Å². The molecule has 0 radical (unpaired) electrons. The molecule has 0 aromatic heterocycles. The molecule has 1 aliphatic carbocycles. The van der Waals surface area contributed by atoms with Crippen LogP contribution in [0.15, 0.2) is 30.3 Å². The Labute approximate surface area is 122 Å². The van der Waals surface area contributed by atoms with Crippen molar-refractivity contribution in [3.8, 4) is 0 Å². The lowest BCUT2D eigenvalue weighted by molar-refractivity contribution is 0.534. The number of benzene rings is 1. The Morgan fingerprint density at radius 3 is 2.50 bits per heavy atom. The van der Waals surface area contributed by atoms with Crippen molar-refractivity contribution in [2.45, 2.75) is 51.0 Å². The van der Waals surface area contributed by atoms with Crippen molar-refractivity contribution in [2.75, 3.05) is 6.54 Å². The minimum atomic E-state index is -3.34. The molecule has 1 fully saturated rings. The zero-order valence-electron chi connectivity index (χ0n) is 12.0. The Morgan fingerprint density at radius 2 is 1.85 bits per heavy atom. The highest BCUT2D eigenvalue weighted by atomic mass is 32.2. The fourth-order valence-electron chi connectivity index (χ4n) is 2.66. The standard InChI is InChI=1S/C15H24N2O2S/c1-13(14-7-3-2-4-8-14)11-12-16-20(18,19)17-15-9-5-6-10-15/h2-4,7-8,13,15-17H,5-6,9-12H2,1H3. The van der Waals surface area contributed by atoms with Crippen LogP contribution in [-0.4, -0.2) is 21.0 Å². The third-order valence-corrected chi connectivity index (χ3v) is 5.14. The van der Waals surface area contributed by atoms with Gasteiger partial charge in [0, 0.05) is 12.6 Å². The zero-order chi connectivity index (χ0) is 14.4. The van der Waals surface area contributed by atoms with E-state index in [1.807, 2.05) is 18.2 Å². The largest absolute Gasteiger partial charge is 0.277 e. The average molecular weight is 296 g/mol. The van der Waals surface area contributed by atoms with Crippen molar-refractivity contribution in [1.82, 2.24) is 9.44 Å². The van der Waals surface area contributed by atoms with Gasteiger partial charge in [0.2, 0.25) is 0 Å². The highest BCUT2D eigenvalue weighted by Gasteiger charge is 2.20. The molecule has 0 heterocycles. The van der Waals surface area contributed by atoms with Gasteiger partial charge in [0.05, 0.1) is 0 Å². The van der Waals surface area contributed by atoms with Crippen LogP contribution >= 0.6 is 0 Å². The van der Waals surface area contributed by atoms with E-state index >= 15 is 0 Å². The van der Waals surface area contributed by atoms with Crippen LogP contribution in [0, 0.1) is 0 Å². The summed E-state index contributed by atoms with van der Waals surface area (Å²) in [7, 11) is -3.34. The molecule has 1 aliphatic rings. The van der Waals surface area contributed by atoms with E-state index in [0.717, 1.165) is 32.1 Å². The molecular weight excluding hydrogens is 272 g/mol. The van der Waals surface area contributed by atoms with Crippen LogP contribution in [-0.2, 0) is 10.2 Å². The Morgan fingerprint density at radius 1 is 1.20 bits per heavy atom. The zero-order valence-corrected chi connectivity index (χ0v) is 12.8. The van der Waals surface area contributed by atoms with Gasteiger partial charge in [0.25, 0.3) is 10.2 Å². The SMILES string of the molecule is CC(CCNS(=O)(=O)NC1CCCC1)c1ccccc1. The summed E-state index contributed by atoms with van der Waals surface area (Å²) in [6, 6.07) is 10.3. The molecular formula is C15H24N2O2S. The van der Waals surface area contributed by atoms with Crippen LogP contribution in [0.25, 0.3) is 0 Å². The molecule has 1 saturated carbocycles. The van der Waals surface area contributed by atoms with Gasteiger partial charge < -0.3 is 0 Å². The summed E-state index contributed by atoms with van der Waals surface area (Å²) in [5.74, 6) is 0.352. The van der Waals surface area contributed by atoms with Crippen molar-refractivity contribution in [2.24, 2.45) is 0 Å². The van der Waals surface area contributed by atoms with Crippen LogP contribution in [0.5, 0.6) is 0 Å². The molecule has 0 bridgehead atoms. The molecule has 1 atom stereocenters. The fourth-order valence-corrected chi connectivity index (χ4v) is 3.81. The highest BCUT2D eigenvalue weighted by molar-refractivity contribution is 7.87. The summed E-state index contributed by atoms with van der Waals surface area (Å²) in [4.78, 5) is 0. The molecule has 112 valence electrons. The molecule has 20 heavy (non-hydrogen) atoms. The van der Waals surface area contributed by atoms with Crippen LogP contribution in [0.4, 0.5) is 0 Å². The van der Waals surface area contributed by atoms with E-state index in [-0.39, 0.29) is 6.04 Å². The Kier molecular flexibility index (Phi) is 5.57. The fraction of sp³-hybridized carbons (Fsp3) is 0.600. The normalized spacial score (nSPS) is 18.2. The molecule has 0 saturated heterocycles. The smallest absolute Gasteiger partial charge is 0.202 e. The maximum atomic E-state index is 11.9. The summed E-state index contributed by atoms with van der Waals surface area (Å²) in [5.41, 5.74) is 1.25. The summed E-state index contributed by atoms with van der Waals surface area (Å²) < 4.78 is 29.1. The number of hydrogen-bond acceptors (Lipinski definition) is 2. The van der Waals surface area contributed by atoms with E-state index in [0.29, 0.717) is 12.5 Å². The van der Waals surface area contributed by atoms with Gasteiger partial charge in [-0.3, -0.25) is 0 Å². The molecule has 0 spiro atoms. The minimum Gasteiger partial charge on any atom is -0.202 e. The van der Waals surface area contributed by atoms with Gasteiger partial charge in [-0.05, 0) is 30.7 Å². The molecule has 1 aromatic rings. The molecule has 1 unspecified atom stereocenters. The average Bonchev–Trinajstić information content (AvgIpc) is 2.91. The third kappa shape index (κ3) is 4.89. The van der Waals surface area contributed by atoms with Gasteiger partial charge in [-0.1, -0.05) is 50.1 Å². The highest BCUT2D eigenvalue weighted by Crippen LogP contribution is 2.19. The maximum Gasteiger partial charge on any atom is 0.277 e.